The van der Waals surface area contributed by atoms with E-state index in [9.17, 15) is 18.0 Å². The van der Waals surface area contributed by atoms with Crippen molar-refractivity contribution in [2.45, 2.75) is 94.9 Å². The number of halogens is 3. The Balaban J connectivity index is 1.12. The van der Waals surface area contributed by atoms with Crippen LogP contribution >= 0.6 is 0 Å². The van der Waals surface area contributed by atoms with Crippen LogP contribution in [0.5, 0.6) is 5.75 Å². The third-order valence-corrected chi connectivity index (χ3v) is 13.5. The fourth-order valence-electron chi connectivity index (χ4n) is 10.6. The van der Waals surface area contributed by atoms with Crippen molar-refractivity contribution < 1.29 is 22.7 Å². The third-order valence-electron chi connectivity index (χ3n) is 13.5. The number of carbonyl (C=O) groups is 1. The van der Waals surface area contributed by atoms with Crippen molar-refractivity contribution in [2.75, 3.05) is 55.7 Å². The van der Waals surface area contributed by atoms with Gasteiger partial charge in [-0.1, -0.05) is 12.6 Å². The van der Waals surface area contributed by atoms with Crippen LogP contribution in [0.15, 0.2) is 37.1 Å². The number of hydrogen-bond acceptors (Lipinski definition) is 8. The smallest absolute Gasteiger partial charge is 0.422 e. The molecule has 5 saturated heterocycles. The molecule has 6 aliphatic rings. The predicted molar refractivity (Wildman–Crippen MR) is 202 cm³/mol. The SMILES string of the molecule is C=CC(=O)N1CC2(CCN(c3nc(N4CC[C@H](N5C6CCC5CC6)C4)nc4c(OCC(F)(F)F)c(-c5c(C)ccc6[nH]ncc56)c(C5CC5)cc34)CC2)C1. The number of aryl methyl sites for hydroxylation is 1. The fraction of sp³-hybridized carbons (Fsp3) is 0.561. The second-order valence-electron chi connectivity index (χ2n) is 16.9. The van der Waals surface area contributed by atoms with Gasteiger partial charge in [0.15, 0.2) is 12.4 Å². The Labute approximate surface area is 312 Å². The summed E-state index contributed by atoms with van der Waals surface area (Å²) in [5, 5.41) is 8.96. The van der Waals surface area contributed by atoms with Gasteiger partial charge in [0, 0.05) is 79.1 Å². The number of aromatic nitrogens is 4. The monoisotopic (exact) mass is 740 g/mol. The van der Waals surface area contributed by atoms with Crippen molar-refractivity contribution in [1.82, 2.24) is 30.0 Å². The molecule has 1 atom stereocenters. The molecule has 1 amide bonds. The van der Waals surface area contributed by atoms with Crippen LogP contribution in [0.4, 0.5) is 24.9 Å². The van der Waals surface area contributed by atoms with Gasteiger partial charge >= 0.3 is 6.18 Å². The van der Waals surface area contributed by atoms with Gasteiger partial charge in [-0.3, -0.25) is 14.8 Å². The molecule has 54 heavy (non-hydrogen) atoms. The van der Waals surface area contributed by atoms with E-state index in [0.717, 1.165) is 110 Å². The molecular weight excluding hydrogens is 693 g/mol. The van der Waals surface area contributed by atoms with Crippen LogP contribution in [0.25, 0.3) is 32.9 Å². The zero-order chi connectivity index (χ0) is 36.9. The maximum atomic E-state index is 14.2. The zero-order valence-electron chi connectivity index (χ0n) is 30.8. The summed E-state index contributed by atoms with van der Waals surface area (Å²) in [6, 6.07) is 7.83. The number of likely N-dealkylation sites (tertiary alicyclic amines) is 1. The molecule has 7 heterocycles. The minimum Gasteiger partial charge on any atom is -0.481 e. The molecule has 10 nitrogen and oxygen atoms in total. The van der Waals surface area contributed by atoms with Gasteiger partial charge in [0.2, 0.25) is 11.9 Å². The van der Waals surface area contributed by atoms with Crippen molar-refractivity contribution in [2.24, 2.45) is 5.41 Å². The van der Waals surface area contributed by atoms with Gasteiger partial charge in [0.25, 0.3) is 0 Å². The maximum Gasteiger partial charge on any atom is 0.422 e. The Bertz CT molecular complexity index is 2130. The van der Waals surface area contributed by atoms with E-state index < -0.39 is 12.8 Å². The molecule has 1 N–H and O–H groups in total. The highest BCUT2D eigenvalue weighted by atomic mass is 19.4. The largest absolute Gasteiger partial charge is 0.481 e. The molecule has 0 unspecified atom stereocenters. The average molecular weight is 741 g/mol. The molecule has 4 aromatic rings. The van der Waals surface area contributed by atoms with Crippen LogP contribution in [0, 0.1) is 12.3 Å². The lowest BCUT2D eigenvalue weighted by atomic mass is 9.72. The molecule has 0 radical (unpaired) electrons. The molecule has 1 saturated carbocycles. The summed E-state index contributed by atoms with van der Waals surface area (Å²) < 4.78 is 48.6. The lowest BCUT2D eigenvalue weighted by Crippen LogP contribution is -2.61. The Hall–Kier alpha value is -4.39. The quantitative estimate of drug-likeness (QED) is 0.191. The van der Waals surface area contributed by atoms with Crippen LogP contribution < -0.4 is 14.5 Å². The van der Waals surface area contributed by atoms with E-state index in [4.69, 9.17) is 14.7 Å². The summed E-state index contributed by atoms with van der Waals surface area (Å²) in [6.07, 6.45) is 8.36. The first kappa shape index (κ1) is 34.1. The summed E-state index contributed by atoms with van der Waals surface area (Å²) in [5.41, 5.74) is 4.73. The first-order valence-electron chi connectivity index (χ1n) is 19.8. The molecule has 13 heteroatoms. The molecular formula is C41H47F3N8O2. The second kappa shape index (κ2) is 12.6. The zero-order valence-corrected chi connectivity index (χ0v) is 30.8. The number of aromatic amines is 1. The van der Waals surface area contributed by atoms with E-state index in [1.54, 1.807) is 6.20 Å². The molecule has 2 aromatic carbocycles. The van der Waals surface area contributed by atoms with Gasteiger partial charge in [-0.25, -0.2) is 4.98 Å². The van der Waals surface area contributed by atoms with E-state index in [1.807, 2.05) is 24.0 Å². The summed E-state index contributed by atoms with van der Waals surface area (Å²) in [7, 11) is 0. The van der Waals surface area contributed by atoms with Crippen LogP contribution in [-0.2, 0) is 4.79 Å². The highest BCUT2D eigenvalue weighted by Gasteiger charge is 2.48. The Morgan fingerprint density at radius 1 is 0.963 bits per heavy atom. The van der Waals surface area contributed by atoms with E-state index in [1.165, 1.54) is 31.8 Å². The van der Waals surface area contributed by atoms with Crippen molar-refractivity contribution in [3.8, 4) is 16.9 Å². The lowest BCUT2D eigenvalue weighted by Gasteiger charge is -2.54. The van der Waals surface area contributed by atoms with Crippen LogP contribution in [0.1, 0.15) is 74.8 Å². The Morgan fingerprint density at radius 2 is 1.70 bits per heavy atom. The molecule has 1 aliphatic carbocycles. The van der Waals surface area contributed by atoms with E-state index >= 15 is 0 Å². The molecule has 1 spiro atoms. The minimum absolute atomic E-state index is 0.0310. The minimum atomic E-state index is -4.54. The van der Waals surface area contributed by atoms with Crippen molar-refractivity contribution in [3.63, 3.8) is 0 Å². The molecule has 5 aliphatic heterocycles. The number of carbonyl (C=O) groups excluding carboxylic acids is 1. The van der Waals surface area contributed by atoms with Gasteiger partial charge in [-0.15, -0.1) is 0 Å². The Morgan fingerprint density at radius 3 is 2.39 bits per heavy atom. The molecule has 10 rings (SSSR count). The summed E-state index contributed by atoms with van der Waals surface area (Å²) in [4.78, 5) is 32.0. The number of nitrogens with zero attached hydrogens (tertiary/aromatic N) is 7. The highest BCUT2D eigenvalue weighted by molar-refractivity contribution is 6.06. The third kappa shape index (κ3) is 5.71. The number of H-pyrrole nitrogens is 1. The van der Waals surface area contributed by atoms with E-state index in [0.29, 0.717) is 35.2 Å². The van der Waals surface area contributed by atoms with Crippen molar-refractivity contribution in [3.05, 3.63) is 48.2 Å². The topological polar surface area (TPSA) is 93.7 Å². The normalized spacial score (nSPS) is 25.3. The van der Waals surface area contributed by atoms with Gasteiger partial charge in [0.05, 0.1) is 11.7 Å². The van der Waals surface area contributed by atoms with E-state index in [2.05, 4.69) is 37.5 Å². The van der Waals surface area contributed by atoms with Crippen LogP contribution in [0.2, 0.25) is 0 Å². The number of rotatable bonds is 8. The van der Waals surface area contributed by atoms with Gasteiger partial charge < -0.3 is 19.4 Å². The van der Waals surface area contributed by atoms with Gasteiger partial charge in [-0.2, -0.15) is 23.3 Å². The number of alkyl halides is 3. The first-order valence-corrected chi connectivity index (χ1v) is 19.8. The standard InChI is InChI=1S/C41H47F3N8O2/c1-3-33(53)51-21-40(22-51)13-16-49(17-14-40)38-30-18-29(25-5-6-25)35(34-24(2)4-11-32-31(34)19-45-48-32)37(54-23-41(42,43)44)36(30)46-39(47-38)50-15-12-28(20-50)52-26-7-8-27(52)10-9-26/h3-4,11,18-19,25-28H,1,5-10,12-17,20-23H2,2H3,(H,45,48)/t26?,27?,28-/m0/s1. The summed E-state index contributed by atoms with van der Waals surface area (Å²) in [5.74, 6) is 1.65. The number of fused-ring (bicyclic) bond motifs is 4. The van der Waals surface area contributed by atoms with Gasteiger partial charge in [0.1, 0.15) is 11.3 Å². The molecule has 284 valence electrons. The first-order chi connectivity index (χ1) is 26.1. The number of amides is 1. The molecule has 2 aromatic heterocycles. The summed E-state index contributed by atoms with van der Waals surface area (Å²) >= 11 is 0. The number of hydrogen-bond donors (Lipinski definition) is 1. The second-order valence-corrected chi connectivity index (χ2v) is 16.9. The number of benzene rings is 2. The predicted octanol–water partition coefficient (Wildman–Crippen LogP) is 7.12. The lowest BCUT2D eigenvalue weighted by molar-refractivity contribution is -0.153. The Kier molecular flexibility index (Phi) is 7.95. The van der Waals surface area contributed by atoms with Crippen LogP contribution in [0.3, 0.4) is 0 Å². The maximum absolute atomic E-state index is 14.2. The highest BCUT2D eigenvalue weighted by Crippen LogP contribution is 2.53. The number of nitrogens with one attached hydrogen (secondary N) is 1. The number of piperidine rings is 1. The fourth-order valence-corrected chi connectivity index (χ4v) is 10.6. The van der Waals surface area contributed by atoms with Crippen LogP contribution in [-0.4, -0.2) is 106 Å². The molecule has 2 bridgehead atoms. The van der Waals surface area contributed by atoms with Crippen molar-refractivity contribution in [1.29, 1.82) is 0 Å². The number of ether oxygens (including phenoxy) is 1. The summed E-state index contributed by atoms with van der Waals surface area (Å²) in [6.45, 7) is 8.73. The number of anilines is 2. The van der Waals surface area contributed by atoms with Crippen molar-refractivity contribution >= 4 is 39.5 Å². The van der Waals surface area contributed by atoms with Gasteiger partial charge in [-0.05, 0) is 106 Å². The average Bonchev–Trinajstić information content (AvgIpc) is 3.47. The van der Waals surface area contributed by atoms with E-state index in [-0.39, 0.29) is 23.0 Å². The molecule has 6 fully saturated rings.